The van der Waals surface area contributed by atoms with Crippen LogP contribution in [0.4, 0.5) is 0 Å². The molecule has 4 heteroatoms. The molecule has 2 heterocycles. The van der Waals surface area contributed by atoms with E-state index in [1.165, 1.54) is 25.7 Å². The number of hydrogen-bond acceptors (Lipinski definition) is 3. The number of hydrogen-bond donors (Lipinski definition) is 0. The maximum Gasteiger partial charge on any atom is 0.225 e. The van der Waals surface area contributed by atoms with Crippen molar-refractivity contribution < 1.29 is 9.53 Å². The second-order valence-corrected chi connectivity index (χ2v) is 6.97. The van der Waals surface area contributed by atoms with Crippen molar-refractivity contribution in [3.05, 3.63) is 0 Å². The number of carbonyl (C=O) groups excluding carboxylic acids is 1. The highest BCUT2D eigenvalue weighted by atomic mass is 16.5. The molecule has 0 unspecified atom stereocenters. The maximum atomic E-state index is 12.7. The minimum absolute atomic E-state index is 0.0877. The van der Waals surface area contributed by atoms with Crippen LogP contribution in [0.3, 0.4) is 0 Å². The van der Waals surface area contributed by atoms with Crippen LogP contribution in [-0.4, -0.2) is 61.1 Å². The number of rotatable bonds is 1. The van der Waals surface area contributed by atoms with Crippen molar-refractivity contribution in [2.75, 3.05) is 39.8 Å². The molecule has 0 radical (unpaired) electrons. The molecule has 4 nitrogen and oxygen atoms in total. The molecule has 0 aromatic heterocycles. The Labute approximate surface area is 122 Å². The summed E-state index contributed by atoms with van der Waals surface area (Å²) in [7, 11) is 2.16. The average Bonchev–Trinajstić information content (AvgIpc) is 2.47. The zero-order valence-corrected chi connectivity index (χ0v) is 12.8. The topological polar surface area (TPSA) is 32.8 Å². The van der Waals surface area contributed by atoms with Gasteiger partial charge in [-0.3, -0.25) is 4.79 Å². The first-order valence-electron chi connectivity index (χ1n) is 8.30. The highest BCUT2D eigenvalue weighted by Gasteiger charge is 2.41. The Kier molecular flexibility index (Phi) is 4.32. The van der Waals surface area contributed by atoms with Crippen LogP contribution in [-0.2, 0) is 9.53 Å². The zero-order chi connectivity index (χ0) is 14.0. The number of carbonyl (C=O) groups is 1. The predicted molar refractivity (Wildman–Crippen MR) is 78.6 cm³/mol. The Morgan fingerprint density at radius 2 is 1.90 bits per heavy atom. The van der Waals surface area contributed by atoms with Gasteiger partial charge in [0.15, 0.2) is 0 Å². The molecule has 0 aromatic carbocycles. The van der Waals surface area contributed by atoms with Gasteiger partial charge in [-0.05, 0) is 39.3 Å². The van der Waals surface area contributed by atoms with Crippen LogP contribution in [0.2, 0.25) is 0 Å². The van der Waals surface area contributed by atoms with E-state index >= 15 is 0 Å². The number of morpholine rings is 1. The Bertz CT molecular complexity index is 350. The van der Waals surface area contributed by atoms with Crippen LogP contribution in [0.15, 0.2) is 0 Å². The van der Waals surface area contributed by atoms with Gasteiger partial charge < -0.3 is 14.5 Å². The van der Waals surface area contributed by atoms with Crippen molar-refractivity contribution in [3.63, 3.8) is 0 Å². The Morgan fingerprint density at radius 1 is 1.10 bits per heavy atom. The second-order valence-electron chi connectivity index (χ2n) is 6.97. The van der Waals surface area contributed by atoms with Crippen molar-refractivity contribution in [2.45, 2.75) is 50.5 Å². The van der Waals surface area contributed by atoms with E-state index in [-0.39, 0.29) is 5.60 Å². The van der Waals surface area contributed by atoms with Gasteiger partial charge in [0.05, 0.1) is 18.8 Å². The fraction of sp³-hybridized carbons (Fsp3) is 0.938. The van der Waals surface area contributed by atoms with Crippen LogP contribution in [0.25, 0.3) is 0 Å². The largest absolute Gasteiger partial charge is 0.370 e. The summed E-state index contributed by atoms with van der Waals surface area (Å²) >= 11 is 0. The van der Waals surface area contributed by atoms with Crippen molar-refractivity contribution >= 4 is 5.91 Å². The fourth-order valence-corrected chi connectivity index (χ4v) is 4.21. The minimum atomic E-state index is -0.0877. The summed E-state index contributed by atoms with van der Waals surface area (Å²) in [6, 6.07) is 0. The molecule has 3 aliphatic rings. The lowest BCUT2D eigenvalue weighted by Crippen LogP contribution is -2.60. The van der Waals surface area contributed by atoms with Gasteiger partial charge in [0, 0.05) is 19.0 Å². The Hall–Kier alpha value is -0.610. The number of nitrogens with zero attached hydrogens (tertiary/aromatic N) is 2. The summed E-state index contributed by atoms with van der Waals surface area (Å²) in [6.45, 7) is 4.45. The van der Waals surface area contributed by atoms with E-state index < -0.39 is 0 Å². The van der Waals surface area contributed by atoms with Crippen LogP contribution < -0.4 is 0 Å². The molecule has 0 bridgehead atoms. The molecule has 3 fully saturated rings. The van der Waals surface area contributed by atoms with E-state index in [4.69, 9.17) is 4.74 Å². The molecule has 3 rings (SSSR count). The summed E-state index contributed by atoms with van der Waals surface area (Å²) in [5.41, 5.74) is -0.0877. The normalized spacial score (nSPS) is 33.5. The first kappa shape index (κ1) is 14.3. The summed E-state index contributed by atoms with van der Waals surface area (Å²) in [5.74, 6) is 0.695. The average molecular weight is 280 g/mol. The third kappa shape index (κ3) is 3.01. The monoisotopic (exact) mass is 280 g/mol. The number of likely N-dealkylation sites (tertiary alicyclic amines) is 1. The number of likely N-dealkylation sites (N-methyl/N-ethyl adjacent to an activating group) is 1. The molecule has 1 saturated carbocycles. The van der Waals surface area contributed by atoms with Crippen LogP contribution in [0, 0.1) is 5.92 Å². The zero-order valence-electron chi connectivity index (χ0n) is 12.8. The fourth-order valence-electron chi connectivity index (χ4n) is 4.21. The van der Waals surface area contributed by atoms with E-state index in [0.29, 0.717) is 18.4 Å². The van der Waals surface area contributed by atoms with Crippen molar-refractivity contribution in [1.82, 2.24) is 9.80 Å². The second kappa shape index (κ2) is 6.02. The summed E-state index contributed by atoms with van der Waals surface area (Å²) in [6.07, 6.45) is 8.25. The number of amides is 1. The molecule has 1 amide bonds. The molecule has 0 aromatic rings. The summed E-state index contributed by atoms with van der Waals surface area (Å²) in [4.78, 5) is 17.2. The molecule has 0 N–H and O–H groups in total. The van der Waals surface area contributed by atoms with Gasteiger partial charge in [0.1, 0.15) is 0 Å². The quantitative estimate of drug-likeness (QED) is 0.735. The maximum absolute atomic E-state index is 12.7. The molecular formula is C16H28N2O2. The lowest BCUT2D eigenvalue weighted by atomic mass is 9.86. The summed E-state index contributed by atoms with van der Waals surface area (Å²) < 4.78 is 6.11. The van der Waals surface area contributed by atoms with Gasteiger partial charge in [-0.1, -0.05) is 19.3 Å². The van der Waals surface area contributed by atoms with E-state index in [2.05, 4.69) is 16.8 Å². The van der Waals surface area contributed by atoms with Gasteiger partial charge >= 0.3 is 0 Å². The molecular weight excluding hydrogens is 252 g/mol. The highest BCUT2D eigenvalue weighted by molar-refractivity contribution is 5.79. The molecule has 2 aliphatic heterocycles. The van der Waals surface area contributed by atoms with E-state index in [9.17, 15) is 4.79 Å². The molecule has 2 saturated heterocycles. The minimum Gasteiger partial charge on any atom is -0.370 e. The Morgan fingerprint density at radius 3 is 2.65 bits per heavy atom. The molecule has 1 atom stereocenters. The van der Waals surface area contributed by atoms with Crippen molar-refractivity contribution in [3.8, 4) is 0 Å². The number of ether oxygens (including phenoxy) is 1. The van der Waals surface area contributed by atoms with Gasteiger partial charge in [-0.25, -0.2) is 0 Å². The molecule has 1 spiro atoms. The third-order valence-corrected chi connectivity index (χ3v) is 5.24. The smallest absolute Gasteiger partial charge is 0.225 e. The SMILES string of the molecule is CN1CCC[C@]2(C1)CN(C(=O)C1CCCCC1)CCO2. The molecule has 1 aliphatic carbocycles. The molecule has 114 valence electrons. The summed E-state index contributed by atoms with van der Waals surface area (Å²) in [5, 5.41) is 0. The first-order chi connectivity index (χ1) is 9.69. The lowest BCUT2D eigenvalue weighted by Gasteiger charge is -2.48. The van der Waals surface area contributed by atoms with Crippen molar-refractivity contribution in [1.29, 1.82) is 0 Å². The van der Waals surface area contributed by atoms with E-state index in [1.807, 2.05) is 0 Å². The third-order valence-electron chi connectivity index (χ3n) is 5.24. The van der Waals surface area contributed by atoms with Gasteiger partial charge in [0.25, 0.3) is 0 Å². The van der Waals surface area contributed by atoms with Gasteiger partial charge in [-0.15, -0.1) is 0 Å². The van der Waals surface area contributed by atoms with Crippen LogP contribution in [0.5, 0.6) is 0 Å². The predicted octanol–water partition coefficient (Wildman–Crippen LogP) is 1.89. The van der Waals surface area contributed by atoms with Gasteiger partial charge in [-0.2, -0.15) is 0 Å². The number of piperidine rings is 1. The standard InChI is InChI=1S/C16H28N2O2/c1-17-9-5-8-16(12-17)13-18(10-11-20-16)15(19)14-6-3-2-4-7-14/h14H,2-13H2,1H3/t16-/m0/s1. The van der Waals surface area contributed by atoms with E-state index in [1.54, 1.807) is 0 Å². The first-order valence-corrected chi connectivity index (χ1v) is 8.30. The van der Waals surface area contributed by atoms with Crippen LogP contribution >= 0.6 is 0 Å². The van der Waals surface area contributed by atoms with Crippen LogP contribution in [0.1, 0.15) is 44.9 Å². The Balaban J connectivity index is 1.63. The molecule has 20 heavy (non-hydrogen) atoms. The highest BCUT2D eigenvalue weighted by Crippen LogP contribution is 2.31. The lowest BCUT2D eigenvalue weighted by molar-refractivity contribution is -0.163. The van der Waals surface area contributed by atoms with E-state index in [0.717, 1.165) is 45.4 Å². The van der Waals surface area contributed by atoms with Crippen molar-refractivity contribution in [2.24, 2.45) is 5.92 Å². The van der Waals surface area contributed by atoms with Gasteiger partial charge in [0.2, 0.25) is 5.91 Å².